The van der Waals surface area contributed by atoms with Crippen LogP contribution in [0.5, 0.6) is 0 Å². The van der Waals surface area contributed by atoms with E-state index in [1.54, 1.807) is 32.9 Å². The summed E-state index contributed by atoms with van der Waals surface area (Å²) in [4.78, 5) is 38.3. The molecule has 0 aromatic heterocycles. The molecule has 0 saturated heterocycles. The lowest BCUT2D eigenvalue weighted by atomic mass is 9.98. The molecule has 2 atom stereocenters. The summed E-state index contributed by atoms with van der Waals surface area (Å²) in [5.74, 6) is -2.35. The second kappa shape index (κ2) is 11.7. The van der Waals surface area contributed by atoms with Crippen LogP contribution in [0.25, 0.3) is 5.57 Å². The number of hydrogen-bond donors (Lipinski definition) is 1. The molecule has 0 spiro atoms. The van der Waals surface area contributed by atoms with E-state index in [-0.39, 0.29) is 12.8 Å². The van der Waals surface area contributed by atoms with Crippen molar-refractivity contribution in [2.75, 3.05) is 20.3 Å². The largest absolute Gasteiger partial charge is 0.478 e. The Kier molecular flexibility index (Phi) is 9.43. The highest BCUT2D eigenvalue weighted by atomic mass is 19.1. The molecule has 1 heterocycles. The van der Waals surface area contributed by atoms with Gasteiger partial charge in [-0.15, -0.1) is 0 Å². The van der Waals surface area contributed by atoms with Crippen molar-refractivity contribution in [2.45, 2.75) is 77.3 Å². The van der Waals surface area contributed by atoms with Gasteiger partial charge in [-0.3, -0.25) is 4.90 Å². The third-order valence-corrected chi connectivity index (χ3v) is 5.34. The van der Waals surface area contributed by atoms with Crippen molar-refractivity contribution < 1.29 is 38.1 Å². The van der Waals surface area contributed by atoms with E-state index in [0.29, 0.717) is 18.8 Å². The zero-order valence-electron chi connectivity index (χ0n) is 21.3. The van der Waals surface area contributed by atoms with Crippen LogP contribution in [0.2, 0.25) is 0 Å². The molecule has 0 fully saturated rings. The summed E-state index contributed by atoms with van der Waals surface area (Å²) in [7, 11) is 1.30. The third kappa shape index (κ3) is 9.32. The van der Waals surface area contributed by atoms with E-state index < -0.39 is 41.4 Å². The molecule has 1 aromatic rings. The van der Waals surface area contributed by atoms with Gasteiger partial charge in [0, 0.05) is 19.9 Å². The van der Waals surface area contributed by atoms with Crippen LogP contribution in [-0.4, -0.2) is 71.7 Å². The number of carboxylic acids is 1. The minimum absolute atomic E-state index is 0.0780. The first kappa shape index (κ1) is 28.3. The van der Waals surface area contributed by atoms with Gasteiger partial charge in [0.15, 0.2) is 0 Å². The summed E-state index contributed by atoms with van der Waals surface area (Å²) < 4.78 is 30.4. The van der Waals surface area contributed by atoms with Crippen molar-refractivity contribution in [3.63, 3.8) is 0 Å². The van der Waals surface area contributed by atoms with Gasteiger partial charge in [0.25, 0.3) is 0 Å². The van der Waals surface area contributed by atoms with Crippen LogP contribution in [0.15, 0.2) is 30.3 Å². The van der Waals surface area contributed by atoms with E-state index in [2.05, 4.69) is 0 Å². The van der Waals surface area contributed by atoms with Gasteiger partial charge < -0.3 is 19.3 Å². The van der Waals surface area contributed by atoms with E-state index in [0.717, 1.165) is 22.5 Å². The molecule has 1 aliphatic rings. The summed E-state index contributed by atoms with van der Waals surface area (Å²) in [6.07, 6.45) is -0.00553. The lowest BCUT2D eigenvalue weighted by Gasteiger charge is -2.32. The SMILES string of the molecule is CN(C(=O)OC(C)(C)C)[C@@H](CC(C)(C)F)C(=O)O[C@H](Cc1ccc(C2=CCOCC2)cc1)C(=O)O. The molecule has 1 amide bonds. The number of nitrogens with zero attached hydrogens (tertiary/aromatic N) is 1. The molecule has 0 radical (unpaired) electrons. The molecule has 1 N–H and O–H groups in total. The number of likely N-dealkylation sites (N-methyl/N-ethyl adjacent to an activating group) is 1. The average Bonchev–Trinajstić information content (AvgIpc) is 2.75. The Labute approximate surface area is 206 Å². The topological polar surface area (TPSA) is 102 Å². The van der Waals surface area contributed by atoms with Gasteiger partial charge in [0.2, 0.25) is 6.10 Å². The predicted octanol–water partition coefficient (Wildman–Crippen LogP) is 4.40. The molecule has 194 valence electrons. The van der Waals surface area contributed by atoms with Crippen LogP contribution in [0.1, 0.15) is 58.6 Å². The third-order valence-electron chi connectivity index (χ3n) is 5.34. The van der Waals surface area contributed by atoms with Gasteiger partial charge in [-0.1, -0.05) is 30.3 Å². The molecule has 2 rings (SSSR count). The predicted molar refractivity (Wildman–Crippen MR) is 129 cm³/mol. The van der Waals surface area contributed by atoms with Gasteiger partial charge in [-0.25, -0.2) is 18.8 Å². The number of halogens is 1. The molecule has 0 bridgehead atoms. The first-order valence-corrected chi connectivity index (χ1v) is 11.6. The number of carbonyl (C=O) groups is 3. The molecular weight excluding hydrogens is 457 g/mol. The average molecular weight is 494 g/mol. The Morgan fingerprint density at radius 3 is 2.26 bits per heavy atom. The number of ether oxygens (including phenoxy) is 3. The fraction of sp³-hybridized carbons (Fsp3) is 0.577. The highest BCUT2D eigenvalue weighted by Gasteiger charge is 2.38. The highest BCUT2D eigenvalue weighted by molar-refractivity contribution is 5.84. The van der Waals surface area contributed by atoms with Gasteiger partial charge in [0.05, 0.1) is 13.2 Å². The minimum atomic E-state index is -1.83. The Hall–Kier alpha value is -2.94. The summed E-state index contributed by atoms with van der Waals surface area (Å²) in [5, 5.41) is 9.68. The molecule has 1 aliphatic heterocycles. The first-order valence-electron chi connectivity index (χ1n) is 11.6. The molecule has 1 aromatic carbocycles. The van der Waals surface area contributed by atoms with E-state index in [1.165, 1.54) is 20.9 Å². The van der Waals surface area contributed by atoms with Crippen molar-refractivity contribution in [1.82, 2.24) is 4.90 Å². The number of rotatable bonds is 9. The Bertz CT molecular complexity index is 929. The van der Waals surface area contributed by atoms with Crippen molar-refractivity contribution in [1.29, 1.82) is 0 Å². The Morgan fingerprint density at radius 1 is 1.14 bits per heavy atom. The summed E-state index contributed by atoms with van der Waals surface area (Å²) in [6.45, 7) is 8.73. The lowest BCUT2D eigenvalue weighted by Crippen LogP contribution is -2.49. The number of alkyl halides is 1. The van der Waals surface area contributed by atoms with Gasteiger partial charge in [-0.2, -0.15) is 0 Å². The lowest BCUT2D eigenvalue weighted by molar-refractivity contribution is -0.168. The van der Waals surface area contributed by atoms with E-state index in [1.807, 2.05) is 18.2 Å². The zero-order valence-corrected chi connectivity index (χ0v) is 21.3. The second-order valence-electron chi connectivity index (χ2n) is 10.2. The van der Waals surface area contributed by atoms with E-state index >= 15 is 0 Å². The Morgan fingerprint density at radius 2 is 1.77 bits per heavy atom. The molecule has 9 heteroatoms. The van der Waals surface area contributed by atoms with Crippen LogP contribution < -0.4 is 0 Å². The minimum Gasteiger partial charge on any atom is -0.478 e. The zero-order chi connectivity index (χ0) is 26.4. The van der Waals surface area contributed by atoms with Gasteiger partial charge >= 0.3 is 18.0 Å². The second-order valence-corrected chi connectivity index (χ2v) is 10.2. The van der Waals surface area contributed by atoms with Crippen LogP contribution >= 0.6 is 0 Å². The normalized spacial score (nSPS) is 16.0. The van der Waals surface area contributed by atoms with Gasteiger partial charge in [0.1, 0.15) is 17.3 Å². The first-order chi connectivity index (χ1) is 16.2. The van der Waals surface area contributed by atoms with Crippen LogP contribution in [-0.2, 0) is 30.2 Å². The smallest absolute Gasteiger partial charge is 0.410 e. The standard InChI is InChI=1S/C26H36FNO7/c1-25(2,3)35-24(32)28(6)20(16-26(4,5)27)23(31)34-21(22(29)30)15-17-7-9-18(10-8-17)19-11-13-33-14-12-19/h7-11,20-21H,12-16H2,1-6H3,(H,29,30)/t20-,21+/m0/s1. The Balaban J connectivity index is 2.15. The highest BCUT2D eigenvalue weighted by Crippen LogP contribution is 2.24. The number of hydrogen-bond acceptors (Lipinski definition) is 6. The van der Waals surface area contributed by atoms with Crippen LogP contribution in [0, 0.1) is 0 Å². The van der Waals surface area contributed by atoms with E-state index in [9.17, 15) is 23.9 Å². The van der Waals surface area contributed by atoms with Crippen molar-refractivity contribution in [2.24, 2.45) is 0 Å². The fourth-order valence-electron chi connectivity index (χ4n) is 3.56. The number of amides is 1. The maximum Gasteiger partial charge on any atom is 0.410 e. The summed E-state index contributed by atoms with van der Waals surface area (Å²) in [6, 6.07) is 5.97. The maximum atomic E-state index is 14.5. The molecule has 8 nitrogen and oxygen atoms in total. The van der Waals surface area contributed by atoms with Crippen molar-refractivity contribution >= 4 is 23.6 Å². The fourth-order valence-corrected chi connectivity index (χ4v) is 3.56. The van der Waals surface area contributed by atoms with Crippen LogP contribution in [0.3, 0.4) is 0 Å². The molecule has 0 aliphatic carbocycles. The molecule has 0 unspecified atom stereocenters. The summed E-state index contributed by atoms with van der Waals surface area (Å²) in [5.41, 5.74) is 0.176. The van der Waals surface area contributed by atoms with Gasteiger partial charge in [-0.05, 0) is 57.7 Å². The number of esters is 1. The number of benzene rings is 1. The van der Waals surface area contributed by atoms with E-state index in [4.69, 9.17) is 14.2 Å². The monoisotopic (exact) mass is 493 g/mol. The summed E-state index contributed by atoms with van der Waals surface area (Å²) >= 11 is 0. The number of carboxylic acid groups (broad SMARTS) is 1. The number of aliphatic carboxylic acids is 1. The number of carbonyl (C=O) groups excluding carboxylic acids is 2. The van der Waals surface area contributed by atoms with Crippen molar-refractivity contribution in [3.8, 4) is 0 Å². The van der Waals surface area contributed by atoms with Crippen molar-refractivity contribution in [3.05, 3.63) is 41.5 Å². The molecule has 0 saturated carbocycles. The quantitative estimate of drug-likeness (QED) is 0.509. The molecular formula is C26H36FNO7. The molecule has 35 heavy (non-hydrogen) atoms. The maximum absolute atomic E-state index is 14.5. The van der Waals surface area contributed by atoms with Crippen LogP contribution in [0.4, 0.5) is 9.18 Å².